The molecule has 0 aliphatic carbocycles. The Morgan fingerprint density at radius 1 is 1.30 bits per heavy atom. The molecule has 10 heavy (non-hydrogen) atoms. The molecule has 52 valence electrons. The van der Waals surface area contributed by atoms with E-state index in [2.05, 4.69) is 31.7 Å². The van der Waals surface area contributed by atoms with E-state index in [4.69, 9.17) is 0 Å². The normalized spacial score (nSPS) is 7.40. The van der Waals surface area contributed by atoms with Crippen LogP contribution in [-0.2, 0) is 0 Å². The van der Waals surface area contributed by atoms with Gasteiger partial charge in [0.25, 0.3) is 0 Å². The van der Waals surface area contributed by atoms with E-state index >= 15 is 0 Å². The Balaban J connectivity index is 0. The molecule has 0 saturated heterocycles. The van der Waals surface area contributed by atoms with Crippen molar-refractivity contribution in [3.8, 4) is 0 Å². The van der Waals surface area contributed by atoms with Gasteiger partial charge >= 0.3 is 18.9 Å². The van der Waals surface area contributed by atoms with E-state index in [0.717, 1.165) is 12.8 Å². The average Bonchev–Trinajstić information content (AvgIpc) is 1.89. The van der Waals surface area contributed by atoms with Crippen molar-refractivity contribution in [2.45, 2.75) is 39.5 Å². The molecule has 0 bridgehead atoms. The fourth-order valence-electron chi connectivity index (χ4n) is 0.486. The Morgan fingerprint density at radius 3 is 2.50 bits per heavy atom. The first kappa shape index (κ1) is 12.8. The topological polar surface area (TPSA) is 0 Å². The molecule has 0 nitrogen and oxygen atoms in total. The molecule has 1 heteroatoms. The van der Waals surface area contributed by atoms with Crippen LogP contribution in [-0.4, -0.2) is 0 Å². The number of hydrogen-bond acceptors (Lipinski definition) is 0. The third-order valence-electron chi connectivity index (χ3n) is 1.01. The van der Waals surface area contributed by atoms with Crippen molar-refractivity contribution < 1.29 is 18.9 Å². The minimum absolute atomic E-state index is 0. The first-order chi connectivity index (χ1) is 4.41. The van der Waals surface area contributed by atoms with Gasteiger partial charge in [0.1, 0.15) is 0 Å². The van der Waals surface area contributed by atoms with Crippen LogP contribution in [0.25, 0.3) is 0 Å². The largest absolute Gasteiger partial charge is 1.00 e. The Morgan fingerprint density at radius 2 is 2.00 bits per heavy atom. The van der Waals surface area contributed by atoms with E-state index < -0.39 is 0 Å². The zero-order valence-electron chi connectivity index (χ0n) is 7.41. The van der Waals surface area contributed by atoms with Crippen LogP contribution in [0.3, 0.4) is 0 Å². The number of hydrogen-bond donors (Lipinski definition) is 0. The van der Waals surface area contributed by atoms with Crippen LogP contribution in [0.4, 0.5) is 0 Å². The molecule has 0 unspecified atom stereocenters. The van der Waals surface area contributed by atoms with Gasteiger partial charge in [-0.25, -0.2) is 6.08 Å². The van der Waals surface area contributed by atoms with Crippen molar-refractivity contribution in [1.29, 1.82) is 0 Å². The van der Waals surface area contributed by atoms with Gasteiger partial charge in [0.05, 0.1) is 0 Å². The molecule has 0 aliphatic rings. The third kappa shape index (κ3) is 11.0. The minimum atomic E-state index is 0. The number of allylic oxidation sites excluding steroid dienone is 1. The van der Waals surface area contributed by atoms with E-state index in [1.165, 1.54) is 12.8 Å². The summed E-state index contributed by atoms with van der Waals surface area (Å²) in [6, 6.07) is 0. The minimum Gasteiger partial charge on any atom is -0.335 e. The molecular weight excluding hydrogens is 115 g/mol. The Hall–Kier alpha value is 0.117. The van der Waals surface area contributed by atoms with Gasteiger partial charge in [0.2, 0.25) is 0 Å². The fourth-order valence-corrected chi connectivity index (χ4v) is 0.486. The van der Waals surface area contributed by atoms with Gasteiger partial charge in [0.15, 0.2) is 0 Å². The summed E-state index contributed by atoms with van der Waals surface area (Å²) >= 11 is 0. The predicted molar refractivity (Wildman–Crippen MR) is 41.1 cm³/mol. The zero-order valence-corrected chi connectivity index (χ0v) is 7.41. The molecule has 0 aromatic carbocycles. The van der Waals surface area contributed by atoms with Crippen molar-refractivity contribution in [1.82, 2.24) is 0 Å². The third-order valence-corrected chi connectivity index (χ3v) is 1.01. The van der Waals surface area contributed by atoms with Gasteiger partial charge in [-0.3, -0.25) is 0 Å². The van der Waals surface area contributed by atoms with Crippen molar-refractivity contribution in [2.75, 3.05) is 0 Å². The zero-order chi connectivity index (χ0) is 6.95. The molecule has 0 amide bonds. The molecule has 0 heterocycles. The summed E-state index contributed by atoms with van der Waals surface area (Å²) in [6.07, 6.45) is 9.68. The first-order valence-electron chi connectivity index (χ1n) is 3.71. The molecule has 0 rings (SSSR count). The number of unbranched alkanes of at least 4 members (excludes halogenated alkanes) is 2. The Kier molecular flexibility index (Phi) is 15.1. The van der Waals surface area contributed by atoms with Gasteiger partial charge in [0, 0.05) is 0 Å². The molecule has 0 saturated carbocycles. The summed E-state index contributed by atoms with van der Waals surface area (Å²) in [5.74, 6) is 0. The summed E-state index contributed by atoms with van der Waals surface area (Å²) in [4.78, 5) is 0. The van der Waals surface area contributed by atoms with E-state index in [1.807, 2.05) is 0 Å². The molecule has 0 radical (unpaired) electrons. The van der Waals surface area contributed by atoms with Gasteiger partial charge in [-0.15, -0.1) is 6.42 Å². The van der Waals surface area contributed by atoms with Crippen molar-refractivity contribution in [3.05, 3.63) is 17.9 Å². The summed E-state index contributed by atoms with van der Waals surface area (Å²) in [7, 11) is 0. The smallest absolute Gasteiger partial charge is 0.335 e. The van der Waals surface area contributed by atoms with Crippen LogP contribution in [0, 0.1) is 6.08 Å². The number of rotatable bonds is 4. The Labute approximate surface area is 76.6 Å². The predicted octanol–water partition coefficient (Wildman–Crippen LogP) is 0.105. The molecule has 0 aliphatic heterocycles. The first-order valence-corrected chi connectivity index (χ1v) is 3.71. The maximum Gasteiger partial charge on any atom is 1.00 e. The summed E-state index contributed by atoms with van der Waals surface area (Å²) in [6.45, 7) is 4.31. The molecule has 0 fully saturated rings. The molecule has 0 spiro atoms. The standard InChI is InChI=1S/C9H15.Li/c1-3-5-7-9-8-6-4-2;/h7H,3-6H2,1-2H3;/q-1;+1. The maximum absolute atomic E-state index is 3.06. The van der Waals surface area contributed by atoms with Crippen molar-refractivity contribution >= 4 is 0 Å². The molecule has 0 N–H and O–H groups in total. The van der Waals surface area contributed by atoms with Crippen LogP contribution in [0.2, 0.25) is 0 Å². The van der Waals surface area contributed by atoms with Gasteiger partial charge in [-0.2, -0.15) is 6.08 Å². The van der Waals surface area contributed by atoms with E-state index in [-0.39, 0.29) is 18.9 Å². The Bertz CT molecular complexity index is 89.3. The monoisotopic (exact) mass is 130 g/mol. The quantitative estimate of drug-likeness (QED) is 0.288. The fraction of sp³-hybridized carbons (Fsp3) is 0.667. The van der Waals surface area contributed by atoms with Gasteiger partial charge in [-0.1, -0.05) is 33.1 Å². The average molecular weight is 130 g/mol. The molecule has 0 aromatic heterocycles. The van der Waals surface area contributed by atoms with Crippen molar-refractivity contribution in [2.24, 2.45) is 0 Å². The summed E-state index contributed by atoms with van der Waals surface area (Å²) < 4.78 is 0. The molecule has 0 atom stereocenters. The summed E-state index contributed by atoms with van der Waals surface area (Å²) in [5, 5.41) is 0. The second kappa shape index (κ2) is 11.9. The van der Waals surface area contributed by atoms with Crippen LogP contribution in [0.1, 0.15) is 39.5 Å². The molecule has 0 aromatic rings. The van der Waals surface area contributed by atoms with Crippen LogP contribution < -0.4 is 18.9 Å². The van der Waals surface area contributed by atoms with Crippen LogP contribution in [0.15, 0.2) is 11.8 Å². The van der Waals surface area contributed by atoms with Crippen LogP contribution >= 0.6 is 0 Å². The van der Waals surface area contributed by atoms with E-state index in [9.17, 15) is 0 Å². The van der Waals surface area contributed by atoms with E-state index in [1.54, 1.807) is 0 Å². The van der Waals surface area contributed by atoms with Crippen LogP contribution in [0.5, 0.6) is 0 Å². The van der Waals surface area contributed by atoms with Gasteiger partial charge < -0.3 is 5.73 Å². The van der Waals surface area contributed by atoms with Crippen molar-refractivity contribution in [3.63, 3.8) is 0 Å². The molecular formula is C9H15Li. The SMILES string of the molecule is CCC[C-]=C=CCCC.[Li+]. The van der Waals surface area contributed by atoms with Gasteiger partial charge in [-0.05, 0) is 0 Å². The second-order valence-corrected chi connectivity index (χ2v) is 2.06. The summed E-state index contributed by atoms with van der Waals surface area (Å²) in [5.41, 5.74) is 3.01. The van der Waals surface area contributed by atoms with E-state index in [0.29, 0.717) is 0 Å². The second-order valence-electron chi connectivity index (χ2n) is 2.06. The maximum atomic E-state index is 3.06.